The molecule has 2 aromatic heterocycles. The first-order chi connectivity index (χ1) is 11.4. The molecule has 6 nitrogen and oxygen atoms in total. The predicted octanol–water partition coefficient (Wildman–Crippen LogP) is 2.93. The fraction of sp³-hybridized carbons (Fsp3) is 0.444. The lowest BCUT2D eigenvalue weighted by Crippen LogP contribution is -2.51. The molecule has 1 unspecified atom stereocenters. The zero-order valence-electron chi connectivity index (χ0n) is 14.3. The van der Waals surface area contributed by atoms with E-state index >= 15 is 0 Å². The molecule has 2 heterocycles. The molecule has 0 saturated carbocycles. The Kier molecular flexibility index (Phi) is 5.83. The topological polar surface area (TPSA) is 82.4 Å². The fourth-order valence-corrected chi connectivity index (χ4v) is 2.25. The van der Waals surface area contributed by atoms with E-state index in [4.69, 9.17) is 8.83 Å². The van der Waals surface area contributed by atoms with Gasteiger partial charge in [0.25, 0.3) is 0 Å². The molecule has 2 aromatic rings. The van der Waals surface area contributed by atoms with Crippen LogP contribution >= 0.6 is 0 Å². The van der Waals surface area contributed by atoms with Crippen molar-refractivity contribution in [1.82, 2.24) is 10.2 Å². The van der Waals surface area contributed by atoms with Crippen LogP contribution in [0.3, 0.4) is 0 Å². The number of carbonyl (C=O) groups is 1. The Bertz CT molecular complexity index is 635. The summed E-state index contributed by atoms with van der Waals surface area (Å²) < 4.78 is 10.7. The van der Waals surface area contributed by atoms with E-state index in [0.29, 0.717) is 13.1 Å². The van der Waals surface area contributed by atoms with Crippen molar-refractivity contribution in [2.45, 2.75) is 39.4 Å². The Morgan fingerprint density at radius 3 is 2.17 bits per heavy atom. The maximum absolute atomic E-state index is 12.4. The van der Waals surface area contributed by atoms with Crippen molar-refractivity contribution >= 4 is 5.91 Å². The lowest BCUT2D eigenvalue weighted by Gasteiger charge is -2.29. The van der Waals surface area contributed by atoms with Crippen LogP contribution in [0.25, 0.3) is 0 Å². The van der Waals surface area contributed by atoms with Gasteiger partial charge in [-0.1, -0.05) is 13.8 Å². The van der Waals surface area contributed by atoms with E-state index in [2.05, 4.69) is 11.4 Å². The van der Waals surface area contributed by atoms with Gasteiger partial charge in [-0.15, -0.1) is 0 Å². The minimum Gasteiger partial charge on any atom is -0.468 e. The molecule has 0 spiro atoms. The van der Waals surface area contributed by atoms with E-state index < -0.39 is 5.54 Å². The molecule has 1 N–H and O–H groups in total. The molecule has 128 valence electrons. The molecular weight excluding hydrogens is 306 g/mol. The molecule has 0 aliphatic rings. The molecule has 0 saturated heterocycles. The van der Waals surface area contributed by atoms with Crippen LogP contribution in [0, 0.1) is 17.2 Å². The van der Waals surface area contributed by atoms with Gasteiger partial charge in [-0.3, -0.25) is 9.69 Å². The highest BCUT2D eigenvalue weighted by Crippen LogP contribution is 2.16. The molecule has 0 aliphatic heterocycles. The van der Waals surface area contributed by atoms with Crippen molar-refractivity contribution in [2.24, 2.45) is 5.92 Å². The third kappa shape index (κ3) is 4.74. The van der Waals surface area contributed by atoms with Gasteiger partial charge < -0.3 is 14.2 Å². The molecule has 0 radical (unpaired) electrons. The quantitative estimate of drug-likeness (QED) is 0.805. The van der Waals surface area contributed by atoms with Gasteiger partial charge >= 0.3 is 0 Å². The summed E-state index contributed by atoms with van der Waals surface area (Å²) in [7, 11) is 0. The first-order valence-electron chi connectivity index (χ1n) is 7.92. The Balaban J connectivity index is 2.04. The number of nitrogens with one attached hydrogen (secondary N) is 1. The van der Waals surface area contributed by atoms with Crippen LogP contribution in [0.1, 0.15) is 32.3 Å². The van der Waals surface area contributed by atoms with Crippen LogP contribution in [-0.2, 0) is 17.9 Å². The molecule has 0 bridgehead atoms. The van der Waals surface area contributed by atoms with Crippen LogP contribution in [-0.4, -0.2) is 22.9 Å². The number of nitriles is 1. The smallest absolute Gasteiger partial charge is 0.235 e. The normalized spacial score (nSPS) is 13.7. The van der Waals surface area contributed by atoms with Gasteiger partial charge in [-0.2, -0.15) is 5.26 Å². The molecule has 2 rings (SSSR count). The first-order valence-corrected chi connectivity index (χ1v) is 7.92. The lowest BCUT2D eigenvalue weighted by atomic mass is 9.90. The van der Waals surface area contributed by atoms with Gasteiger partial charge in [0.05, 0.1) is 38.2 Å². The zero-order valence-corrected chi connectivity index (χ0v) is 14.3. The third-order valence-corrected chi connectivity index (χ3v) is 4.07. The molecule has 0 aliphatic carbocycles. The average molecular weight is 329 g/mol. The summed E-state index contributed by atoms with van der Waals surface area (Å²) >= 11 is 0. The van der Waals surface area contributed by atoms with E-state index in [1.807, 2.05) is 43.0 Å². The summed E-state index contributed by atoms with van der Waals surface area (Å²) in [4.78, 5) is 14.3. The van der Waals surface area contributed by atoms with E-state index in [9.17, 15) is 10.1 Å². The number of amides is 1. The van der Waals surface area contributed by atoms with Crippen LogP contribution < -0.4 is 5.32 Å². The predicted molar refractivity (Wildman–Crippen MR) is 88.5 cm³/mol. The minimum atomic E-state index is -0.891. The molecule has 24 heavy (non-hydrogen) atoms. The SMILES string of the molecule is CC(C)C(C)(C#N)NC(=O)CN(Cc1ccco1)Cc1ccco1. The minimum absolute atomic E-state index is 0.00930. The first kappa shape index (κ1) is 17.8. The number of furan rings is 2. The second kappa shape index (κ2) is 7.84. The van der Waals surface area contributed by atoms with Crippen molar-refractivity contribution < 1.29 is 13.6 Å². The van der Waals surface area contributed by atoms with Gasteiger partial charge in [-0.25, -0.2) is 0 Å². The fourth-order valence-electron chi connectivity index (χ4n) is 2.25. The average Bonchev–Trinajstić information content (AvgIpc) is 3.20. The molecule has 1 amide bonds. The number of rotatable bonds is 8. The van der Waals surface area contributed by atoms with E-state index in [1.165, 1.54) is 0 Å². The monoisotopic (exact) mass is 329 g/mol. The summed E-state index contributed by atoms with van der Waals surface area (Å²) in [6.45, 7) is 6.66. The lowest BCUT2D eigenvalue weighted by molar-refractivity contribution is -0.124. The maximum Gasteiger partial charge on any atom is 0.235 e. The van der Waals surface area contributed by atoms with Crippen LogP contribution in [0.15, 0.2) is 45.6 Å². The second-order valence-corrected chi connectivity index (χ2v) is 6.32. The van der Waals surface area contributed by atoms with Crippen molar-refractivity contribution in [1.29, 1.82) is 5.26 Å². The van der Waals surface area contributed by atoms with Gasteiger partial charge in [0.2, 0.25) is 5.91 Å². The Hall–Kier alpha value is -2.52. The maximum atomic E-state index is 12.4. The summed E-state index contributed by atoms with van der Waals surface area (Å²) in [5, 5.41) is 12.2. The van der Waals surface area contributed by atoms with Crippen LogP contribution in [0.5, 0.6) is 0 Å². The van der Waals surface area contributed by atoms with Crippen molar-refractivity contribution in [3.8, 4) is 6.07 Å². The molecule has 1 atom stereocenters. The molecule has 6 heteroatoms. The largest absolute Gasteiger partial charge is 0.468 e. The summed E-state index contributed by atoms with van der Waals surface area (Å²) in [5.74, 6) is 1.34. The van der Waals surface area contributed by atoms with E-state index in [0.717, 1.165) is 11.5 Å². The second-order valence-electron chi connectivity index (χ2n) is 6.32. The van der Waals surface area contributed by atoms with Crippen molar-refractivity contribution in [2.75, 3.05) is 6.54 Å². The van der Waals surface area contributed by atoms with Gasteiger partial charge in [0, 0.05) is 0 Å². The number of hydrogen-bond donors (Lipinski definition) is 1. The highest BCUT2D eigenvalue weighted by atomic mass is 16.3. The van der Waals surface area contributed by atoms with E-state index in [1.54, 1.807) is 19.5 Å². The zero-order chi connectivity index (χ0) is 17.6. The summed E-state index contributed by atoms with van der Waals surface area (Å²) in [6, 6.07) is 9.53. The summed E-state index contributed by atoms with van der Waals surface area (Å²) in [5.41, 5.74) is -0.891. The highest BCUT2D eigenvalue weighted by molar-refractivity contribution is 5.79. The van der Waals surface area contributed by atoms with Gasteiger partial charge in [0.15, 0.2) is 0 Å². The third-order valence-electron chi connectivity index (χ3n) is 4.07. The number of carbonyl (C=O) groups excluding carboxylic acids is 1. The van der Waals surface area contributed by atoms with Crippen molar-refractivity contribution in [3.05, 3.63) is 48.3 Å². The van der Waals surface area contributed by atoms with Crippen LogP contribution in [0.4, 0.5) is 0 Å². The van der Waals surface area contributed by atoms with Gasteiger partial charge in [-0.05, 0) is 37.1 Å². The Labute approximate surface area is 142 Å². The Morgan fingerprint density at radius 2 is 1.79 bits per heavy atom. The van der Waals surface area contributed by atoms with Gasteiger partial charge in [0.1, 0.15) is 17.1 Å². The highest BCUT2D eigenvalue weighted by Gasteiger charge is 2.30. The molecular formula is C18H23N3O3. The summed E-state index contributed by atoms with van der Waals surface area (Å²) in [6.07, 6.45) is 3.21. The number of hydrogen-bond acceptors (Lipinski definition) is 5. The van der Waals surface area contributed by atoms with Crippen LogP contribution in [0.2, 0.25) is 0 Å². The standard InChI is InChI=1S/C18H23N3O3/c1-14(2)18(3,13-19)20-17(22)12-21(10-15-6-4-8-23-15)11-16-7-5-9-24-16/h4-9,14H,10-12H2,1-3H3,(H,20,22). The van der Waals surface area contributed by atoms with E-state index in [-0.39, 0.29) is 18.4 Å². The van der Waals surface area contributed by atoms with Crippen molar-refractivity contribution in [3.63, 3.8) is 0 Å². The Morgan fingerprint density at radius 1 is 1.25 bits per heavy atom. The molecule has 0 aromatic carbocycles. The molecule has 0 fully saturated rings. The number of nitrogens with zero attached hydrogens (tertiary/aromatic N) is 2.